The summed E-state index contributed by atoms with van der Waals surface area (Å²) in [5.74, 6) is 0.729. The van der Waals surface area contributed by atoms with E-state index in [0.29, 0.717) is 6.04 Å². The number of nitrogens with one attached hydrogen (secondary N) is 1. The molecule has 0 radical (unpaired) electrons. The molecule has 1 aliphatic rings. The van der Waals surface area contributed by atoms with Crippen molar-refractivity contribution in [2.24, 2.45) is 5.92 Å². The van der Waals surface area contributed by atoms with Crippen LogP contribution in [-0.2, 0) is 6.42 Å². The number of benzene rings is 1. The summed E-state index contributed by atoms with van der Waals surface area (Å²) >= 11 is 0. The Morgan fingerprint density at radius 2 is 1.95 bits per heavy atom. The molecule has 0 aromatic heterocycles. The highest BCUT2D eigenvalue weighted by atomic mass is 15.2. The predicted molar refractivity (Wildman–Crippen MR) is 82.4 cm³/mol. The maximum Gasteiger partial charge on any atom is 0.0262 e. The Balaban J connectivity index is 2.04. The van der Waals surface area contributed by atoms with E-state index in [-0.39, 0.29) is 5.54 Å². The van der Waals surface area contributed by atoms with Crippen LogP contribution in [0.15, 0.2) is 30.3 Å². The Morgan fingerprint density at radius 1 is 1.26 bits per heavy atom. The Hall–Kier alpha value is -0.860. The quantitative estimate of drug-likeness (QED) is 0.895. The predicted octanol–water partition coefficient (Wildman–Crippen LogP) is 2.94. The largest absolute Gasteiger partial charge is 0.309 e. The fourth-order valence-electron chi connectivity index (χ4n) is 2.99. The van der Waals surface area contributed by atoms with E-state index in [2.05, 4.69) is 68.2 Å². The molecule has 2 heteroatoms. The lowest BCUT2D eigenvalue weighted by Crippen LogP contribution is -2.62. The number of hydrogen-bond acceptors (Lipinski definition) is 2. The van der Waals surface area contributed by atoms with Gasteiger partial charge in [-0.2, -0.15) is 0 Å². The summed E-state index contributed by atoms with van der Waals surface area (Å²) in [5, 5.41) is 3.69. The lowest BCUT2D eigenvalue weighted by atomic mass is 9.94. The highest BCUT2D eigenvalue weighted by Gasteiger charge is 2.32. The van der Waals surface area contributed by atoms with Crippen molar-refractivity contribution in [1.29, 1.82) is 0 Å². The van der Waals surface area contributed by atoms with Crippen molar-refractivity contribution in [3.8, 4) is 0 Å². The molecule has 1 unspecified atom stereocenters. The minimum absolute atomic E-state index is 0.238. The van der Waals surface area contributed by atoms with Gasteiger partial charge in [-0.15, -0.1) is 0 Å². The topological polar surface area (TPSA) is 15.3 Å². The summed E-state index contributed by atoms with van der Waals surface area (Å²) in [6.45, 7) is 12.7. The molecule has 1 saturated heterocycles. The van der Waals surface area contributed by atoms with Crippen LogP contribution in [0.5, 0.6) is 0 Å². The Labute approximate surface area is 118 Å². The summed E-state index contributed by atoms with van der Waals surface area (Å²) in [6.07, 6.45) is 1.15. The van der Waals surface area contributed by atoms with Crippen molar-refractivity contribution < 1.29 is 0 Å². The van der Waals surface area contributed by atoms with Crippen molar-refractivity contribution in [3.63, 3.8) is 0 Å². The molecular weight excluding hydrogens is 232 g/mol. The lowest BCUT2D eigenvalue weighted by Gasteiger charge is -2.45. The minimum atomic E-state index is 0.238. The molecule has 0 bridgehead atoms. The second-order valence-electron chi connectivity index (χ2n) is 6.93. The number of piperazine rings is 1. The van der Waals surface area contributed by atoms with Crippen LogP contribution < -0.4 is 5.32 Å². The monoisotopic (exact) mass is 260 g/mol. The molecule has 0 saturated carbocycles. The van der Waals surface area contributed by atoms with Gasteiger partial charge in [-0.25, -0.2) is 0 Å². The average molecular weight is 260 g/mol. The van der Waals surface area contributed by atoms with Crippen molar-refractivity contribution in [3.05, 3.63) is 35.9 Å². The molecule has 0 amide bonds. The minimum Gasteiger partial charge on any atom is -0.309 e. The highest BCUT2D eigenvalue weighted by Crippen LogP contribution is 2.19. The van der Waals surface area contributed by atoms with Crippen LogP contribution in [-0.4, -0.2) is 36.1 Å². The zero-order valence-corrected chi connectivity index (χ0v) is 12.8. The van der Waals surface area contributed by atoms with E-state index < -0.39 is 0 Å². The van der Waals surface area contributed by atoms with Gasteiger partial charge in [-0.05, 0) is 31.7 Å². The first kappa shape index (κ1) is 14.5. The highest BCUT2D eigenvalue weighted by molar-refractivity contribution is 5.16. The van der Waals surface area contributed by atoms with E-state index in [1.165, 1.54) is 12.1 Å². The third kappa shape index (κ3) is 4.32. The van der Waals surface area contributed by atoms with Gasteiger partial charge in [0.25, 0.3) is 0 Å². The van der Waals surface area contributed by atoms with Crippen LogP contribution in [0.3, 0.4) is 0 Å². The Morgan fingerprint density at radius 3 is 2.58 bits per heavy atom. The fraction of sp³-hybridized carbons (Fsp3) is 0.647. The van der Waals surface area contributed by atoms with Gasteiger partial charge in [0.2, 0.25) is 0 Å². The number of hydrogen-bond donors (Lipinski definition) is 1. The molecule has 1 atom stereocenters. The van der Waals surface area contributed by atoms with Gasteiger partial charge < -0.3 is 5.32 Å². The van der Waals surface area contributed by atoms with E-state index >= 15 is 0 Å². The molecule has 2 rings (SSSR count). The Kier molecular flexibility index (Phi) is 4.64. The Bertz CT molecular complexity index is 384. The first-order valence-corrected chi connectivity index (χ1v) is 7.49. The summed E-state index contributed by atoms with van der Waals surface area (Å²) < 4.78 is 0. The zero-order chi connectivity index (χ0) is 13.9. The standard InChI is InChI=1S/C17H28N2/c1-14(2)12-19-13-17(3,4)18-11-16(19)10-15-8-6-5-7-9-15/h5-9,14,16,18H,10-13H2,1-4H3. The smallest absolute Gasteiger partial charge is 0.0262 e. The second kappa shape index (κ2) is 6.06. The first-order valence-electron chi connectivity index (χ1n) is 7.49. The molecule has 0 aliphatic carbocycles. The third-order valence-corrected chi connectivity index (χ3v) is 3.84. The van der Waals surface area contributed by atoms with E-state index in [1.54, 1.807) is 0 Å². The van der Waals surface area contributed by atoms with Gasteiger partial charge >= 0.3 is 0 Å². The molecule has 1 aromatic rings. The van der Waals surface area contributed by atoms with Gasteiger partial charge in [0.1, 0.15) is 0 Å². The van der Waals surface area contributed by atoms with Crippen LogP contribution in [0.4, 0.5) is 0 Å². The van der Waals surface area contributed by atoms with E-state index in [4.69, 9.17) is 0 Å². The molecule has 2 nitrogen and oxygen atoms in total. The summed E-state index contributed by atoms with van der Waals surface area (Å²) in [7, 11) is 0. The van der Waals surface area contributed by atoms with Gasteiger partial charge in [0.15, 0.2) is 0 Å². The molecule has 1 aliphatic heterocycles. The fourth-order valence-corrected chi connectivity index (χ4v) is 2.99. The molecule has 106 valence electrons. The molecule has 1 aromatic carbocycles. The van der Waals surface area contributed by atoms with E-state index in [1.807, 2.05) is 0 Å². The van der Waals surface area contributed by atoms with Crippen molar-refractivity contribution in [1.82, 2.24) is 10.2 Å². The first-order chi connectivity index (χ1) is 8.96. The SMILES string of the molecule is CC(C)CN1CC(C)(C)NCC1Cc1ccccc1. The van der Waals surface area contributed by atoms with Crippen molar-refractivity contribution >= 4 is 0 Å². The number of nitrogens with zero attached hydrogens (tertiary/aromatic N) is 1. The van der Waals surface area contributed by atoms with Gasteiger partial charge in [0, 0.05) is 31.2 Å². The molecule has 19 heavy (non-hydrogen) atoms. The summed E-state index contributed by atoms with van der Waals surface area (Å²) in [6, 6.07) is 11.5. The number of rotatable bonds is 4. The molecular formula is C17H28N2. The maximum absolute atomic E-state index is 3.69. The van der Waals surface area contributed by atoms with E-state index in [9.17, 15) is 0 Å². The molecule has 1 heterocycles. The zero-order valence-electron chi connectivity index (χ0n) is 12.8. The van der Waals surface area contributed by atoms with Crippen LogP contribution >= 0.6 is 0 Å². The molecule has 1 N–H and O–H groups in total. The van der Waals surface area contributed by atoms with Crippen LogP contribution in [0.25, 0.3) is 0 Å². The maximum atomic E-state index is 3.69. The second-order valence-corrected chi connectivity index (χ2v) is 6.93. The van der Waals surface area contributed by atoms with Gasteiger partial charge in [-0.1, -0.05) is 44.2 Å². The third-order valence-electron chi connectivity index (χ3n) is 3.84. The van der Waals surface area contributed by atoms with Crippen LogP contribution in [0.2, 0.25) is 0 Å². The normalized spacial score (nSPS) is 23.7. The molecule has 1 fully saturated rings. The van der Waals surface area contributed by atoms with Crippen LogP contribution in [0.1, 0.15) is 33.3 Å². The average Bonchev–Trinajstić information content (AvgIpc) is 2.33. The summed E-state index contributed by atoms with van der Waals surface area (Å²) in [4.78, 5) is 2.67. The lowest BCUT2D eigenvalue weighted by molar-refractivity contribution is 0.0837. The molecule has 0 spiro atoms. The van der Waals surface area contributed by atoms with Gasteiger partial charge in [-0.3, -0.25) is 4.90 Å². The van der Waals surface area contributed by atoms with Crippen molar-refractivity contribution in [2.75, 3.05) is 19.6 Å². The van der Waals surface area contributed by atoms with Gasteiger partial charge in [0.05, 0.1) is 0 Å². The summed E-state index contributed by atoms with van der Waals surface area (Å²) in [5.41, 5.74) is 1.69. The van der Waals surface area contributed by atoms with Crippen LogP contribution in [0, 0.1) is 5.92 Å². The van der Waals surface area contributed by atoms with E-state index in [0.717, 1.165) is 25.4 Å². The van der Waals surface area contributed by atoms with Crippen molar-refractivity contribution in [2.45, 2.75) is 45.7 Å².